The fourth-order valence-electron chi connectivity index (χ4n) is 2.86. The SMILES string of the molecule is O=C(Nc1cccc([N+](=O)[O-])c1)C1CCN(C(=O)c2ccoc2)CC1. The first kappa shape index (κ1) is 16.7. The maximum absolute atomic E-state index is 12.4. The molecule has 2 heterocycles. The maximum Gasteiger partial charge on any atom is 0.271 e. The molecule has 130 valence electrons. The van der Waals surface area contributed by atoms with Gasteiger partial charge in [-0.2, -0.15) is 0 Å². The summed E-state index contributed by atoms with van der Waals surface area (Å²) in [4.78, 5) is 36.6. The van der Waals surface area contributed by atoms with Gasteiger partial charge in [0.05, 0.1) is 16.7 Å². The van der Waals surface area contributed by atoms with Gasteiger partial charge in [-0.1, -0.05) is 6.07 Å². The number of benzene rings is 1. The molecule has 0 aliphatic carbocycles. The van der Waals surface area contributed by atoms with E-state index in [1.165, 1.54) is 30.7 Å². The molecule has 0 spiro atoms. The Morgan fingerprint density at radius 1 is 1.24 bits per heavy atom. The zero-order valence-corrected chi connectivity index (χ0v) is 13.4. The van der Waals surface area contributed by atoms with Crippen LogP contribution in [0.1, 0.15) is 23.2 Å². The topological polar surface area (TPSA) is 106 Å². The molecule has 0 bridgehead atoms. The molecule has 1 aliphatic rings. The van der Waals surface area contributed by atoms with E-state index >= 15 is 0 Å². The van der Waals surface area contributed by atoms with Gasteiger partial charge in [0.2, 0.25) is 5.91 Å². The minimum absolute atomic E-state index is 0.0710. The van der Waals surface area contributed by atoms with E-state index in [4.69, 9.17) is 4.42 Å². The number of nitro groups is 1. The maximum atomic E-state index is 12.4. The lowest BCUT2D eigenvalue weighted by Gasteiger charge is -2.31. The van der Waals surface area contributed by atoms with Crippen LogP contribution in [0.5, 0.6) is 0 Å². The fraction of sp³-hybridized carbons (Fsp3) is 0.294. The molecule has 1 N–H and O–H groups in total. The molecule has 0 atom stereocenters. The molecule has 2 amide bonds. The van der Waals surface area contributed by atoms with Crippen molar-refractivity contribution in [1.82, 2.24) is 4.90 Å². The van der Waals surface area contributed by atoms with Crippen molar-refractivity contribution in [2.24, 2.45) is 5.92 Å². The Balaban J connectivity index is 1.56. The highest BCUT2D eigenvalue weighted by molar-refractivity contribution is 5.95. The Morgan fingerprint density at radius 2 is 2.00 bits per heavy atom. The molecule has 8 nitrogen and oxygen atoms in total. The summed E-state index contributed by atoms with van der Waals surface area (Å²) in [5.74, 6) is -0.519. The number of carbonyl (C=O) groups excluding carboxylic acids is 2. The predicted molar refractivity (Wildman–Crippen MR) is 89.1 cm³/mol. The number of hydrogen-bond acceptors (Lipinski definition) is 5. The number of piperidine rings is 1. The van der Waals surface area contributed by atoms with E-state index in [0.29, 0.717) is 37.2 Å². The smallest absolute Gasteiger partial charge is 0.271 e. The largest absolute Gasteiger partial charge is 0.472 e. The van der Waals surface area contributed by atoms with Crippen LogP contribution in [0.25, 0.3) is 0 Å². The molecule has 1 aromatic heterocycles. The highest BCUT2D eigenvalue weighted by Gasteiger charge is 2.28. The Labute approximate surface area is 143 Å². The minimum atomic E-state index is -0.504. The van der Waals surface area contributed by atoms with Crippen molar-refractivity contribution in [3.05, 3.63) is 58.5 Å². The number of carbonyl (C=O) groups is 2. The number of anilines is 1. The molecule has 0 radical (unpaired) electrons. The van der Waals surface area contributed by atoms with Crippen LogP contribution in [0.3, 0.4) is 0 Å². The van der Waals surface area contributed by atoms with Crippen LogP contribution in [0, 0.1) is 16.0 Å². The normalized spacial score (nSPS) is 15.0. The molecule has 0 saturated carbocycles. The molecular weight excluding hydrogens is 326 g/mol. The van der Waals surface area contributed by atoms with E-state index in [9.17, 15) is 19.7 Å². The Kier molecular flexibility index (Phi) is 4.78. The monoisotopic (exact) mass is 343 g/mol. The van der Waals surface area contributed by atoms with Gasteiger partial charge in [0.15, 0.2) is 0 Å². The van der Waals surface area contributed by atoms with Crippen molar-refractivity contribution in [2.45, 2.75) is 12.8 Å². The second-order valence-corrected chi connectivity index (χ2v) is 5.88. The lowest BCUT2D eigenvalue weighted by atomic mass is 9.95. The van der Waals surface area contributed by atoms with Crippen LogP contribution >= 0.6 is 0 Å². The van der Waals surface area contributed by atoms with Crippen LogP contribution < -0.4 is 5.32 Å². The summed E-state index contributed by atoms with van der Waals surface area (Å²) >= 11 is 0. The average Bonchev–Trinajstić information content (AvgIpc) is 3.16. The standard InChI is InChI=1S/C17H17N3O5/c21-16(18-14-2-1-3-15(10-14)20(23)24)12-4-7-19(8-5-12)17(22)13-6-9-25-11-13/h1-3,6,9-12H,4-5,7-8H2,(H,18,21). The van der Waals surface area contributed by atoms with Gasteiger partial charge < -0.3 is 14.6 Å². The predicted octanol–water partition coefficient (Wildman–Crippen LogP) is 2.68. The van der Waals surface area contributed by atoms with E-state index in [1.54, 1.807) is 17.0 Å². The molecule has 1 fully saturated rings. The van der Waals surface area contributed by atoms with Crippen LogP contribution in [-0.4, -0.2) is 34.7 Å². The summed E-state index contributed by atoms with van der Waals surface area (Å²) in [6.45, 7) is 0.966. The highest BCUT2D eigenvalue weighted by atomic mass is 16.6. The first-order valence-corrected chi connectivity index (χ1v) is 7.91. The van der Waals surface area contributed by atoms with E-state index in [-0.39, 0.29) is 23.4 Å². The number of nitrogens with zero attached hydrogens (tertiary/aromatic N) is 2. The van der Waals surface area contributed by atoms with Crippen LogP contribution in [0.15, 0.2) is 47.3 Å². The number of rotatable bonds is 4. The number of nitro benzene ring substituents is 1. The van der Waals surface area contributed by atoms with E-state index in [1.807, 2.05) is 0 Å². The summed E-state index contributed by atoms with van der Waals surface area (Å²) in [5.41, 5.74) is 0.828. The number of furan rings is 1. The molecule has 8 heteroatoms. The highest BCUT2D eigenvalue weighted by Crippen LogP contribution is 2.22. The van der Waals surface area contributed by atoms with Gasteiger partial charge >= 0.3 is 0 Å². The van der Waals surface area contributed by atoms with Crippen molar-refractivity contribution in [3.63, 3.8) is 0 Å². The number of nitrogens with one attached hydrogen (secondary N) is 1. The van der Waals surface area contributed by atoms with Crippen LogP contribution in [0.4, 0.5) is 11.4 Å². The Morgan fingerprint density at radius 3 is 2.64 bits per heavy atom. The quantitative estimate of drug-likeness (QED) is 0.678. The Bertz CT molecular complexity index is 779. The summed E-state index contributed by atoms with van der Waals surface area (Å²) in [5, 5.41) is 13.5. The molecule has 1 aromatic carbocycles. The lowest BCUT2D eigenvalue weighted by Crippen LogP contribution is -2.41. The average molecular weight is 343 g/mol. The summed E-state index contributed by atoms with van der Waals surface area (Å²) in [6, 6.07) is 7.46. The van der Waals surface area contributed by atoms with Crippen molar-refractivity contribution in [2.75, 3.05) is 18.4 Å². The van der Waals surface area contributed by atoms with Crippen molar-refractivity contribution < 1.29 is 18.9 Å². The molecule has 3 rings (SSSR count). The van der Waals surface area contributed by atoms with E-state index < -0.39 is 4.92 Å². The summed E-state index contributed by atoms with van der Waals surface area (Å²) in [6.07, 6.45) is 3.95. The lowest BCUT2D eigenvalue weighted by molar-refractivity contribution is -0.384. The van der Waals surface area contributed by atoms with Gasteiger partial charge in [-0.25, -0.2) is 0 Å². The molecule has 0 unspecified atom stereocenters. The van der Waals surface area contributed by atoms with Crippen molar-refractivity contribution in [3.8, 4) is 0 Å². The van der Waals surface area contributed by atoms with Crippen LogP contribution in [0.2, 0.25) is 0 Å². The third-order valence-electron chi connectivity index (χ3n) is 4.25. The first-order chi connectivity index (χ1) is 12.0. The van der Waals surface area contributed by atoms with Crippen LogP contribution in [-0.2, 0) is 4.79 Å². The number of hydrogen-bond donors (Lipinski definition) is 1. The zero-order chi connectivity index (χ0) is 17.8. The molecule has 1 saturated heterocycles. The zero-order valence-electron chi connectivity index (χ0n) is 13.4. The van der Waals surface area contributed by atoms with Gasteiger partial charge in [0.1, 0.15) is 6.26 Å². The number of likely N-dealkylation sites (tertiary alicyclic amines) is 1. The van der Waals surface area contributed by atoms with Gasteiger partial charge in [0.25, 0.3) is 11.6 Å². The molecular formula is C17H17N3O5. The van der Waals surface area contributed by atoms with E-state index in [0.717, 1.165) is 0 Å². The van der Waals surface area contributed by atoms with E-state index in [2.05, 4.69) is 5.32 Å². The molecule has 2 aromatic rings. The molecule has 25 heavy (non-hydrogen) atoms. The van der Waals surface area contributed by atoms with Crippen molar-refractivity contribution in [1.29, 1.82) is 0 Å². The second kappa shape index (κ2) is 7.16. The number of non-ortho nitro benzene ring substituents is 1. The number of amides is 2. The third kappa shape index (κ3) is 3.85. The van der Waals surface area contributed by atoms with Gasteiger partial charge in [0, 0.05) is 36.8 Å². The summed E-state index contributed by atoms with van der Waals surface area (Å²) in [7, 11) is 0. The van der Waals surface area contributed by atoms with Crippen molar-refractivity contribution >= 4 is 23.2 Å². The van der Waals surface area contributed by atoms with Gasteiger partial charge in [-0.05, 0) is 25.0 Å². The Hall–Kier alpha value is -3.16. The van der Waals surface area contributed by atoms with Gasteiger partial charge in [-0.15, -0.1) is 0 Å². The fourth-order valence-corrected chi connectivity index (χ4v) is 2.86. The van der Waals surface area contributed by atoms with Gasteiger partial charge in [-0.3, -0.25) is 19.7 Å². The summed E-state index contributed by atoms with van der Waals surface area (Å²) < 4.78 is 4.92. The second-order valence-electron chi connectivity index (χ2n) is 5.88. The minimum Gasteiger partial charge on any atom is -0.472 e. The molecule has 1 aliphatic heterocycles. The third-order valence-corrected chi connectivity index (χ3v) is 4.25. The first-order valence-electron chi connectivity index (χ1n) is 7.91.